The average molecular weight is 259 g/mol. The van der Waals surface area contributed by atoms with Crippen LogP contribution in [0, 0.1) is 18.6 Å². The first kappa shape index (κ1) is 14.5. The number of carbonyl (C=O) groups excluding carboxylic acids is 1. The molecule has 1 rings (SSSR count). The normalized spacial score (nSPS) is 10.4. The van der Waals surface area contributed by atoms with Crippen LogP contribution < -0.4 is 5.32 Å². The van der Waals surface area contributed by atoms with Gasteiger partial charge in [0.05, 0.1) is 25.4 Å². The summed E-state index contributed by atoms with van der Waals surface area (Å²) in [5.41, 5.74) is 0.00846. The van der Waals surface area contributed by atoms with Crippen LogP contribution in [0.3, 0.4) is 0 Å². The standard InChI is InChI=1S/C12H15F2NO3/c1-8-6-9(11(14)7-10(8)13)12(17)15-2-4-18-5-3-16/h6-7,16H,2-5H2,1H3,(H,15,17). The van der Waals surface area contributed by atoms with E-state index in [2.05, 4.69) is 5.32 Å². The summed E-state index contributed by atoms with van der Waals surface area (Å²) >= 11 is 0. The van der Waals surface area contributed by atoms with Crippen LogP contribution in [-0.2, 0) is 4.74 Å². The molecule has 1 amide bonds. The van der Waals surface area contributed by atoms with Crippen molar-refractivity contribution in [3.8, 4) is 0 Å². The topological polar surface area (TPSA) is 58.6 Å². The third kappa shape index (κ3) is 4.05. The van der Waals surface area contributed by atoms with E-state index in [0.717, 1.165) is 6.07 Å². The zero-order valence-electron chi connectivity index (χ0n) is 10.0. The summed E-state index contributed by atoms with van der Waals surface area (Å²) in [6.07, 6.45) is 0. The zero-order chi connectivity index (χ0) is 13.5. The van der Waals surface area contributed by atoms with Gasteiger partial charge in [0.15, 0.2) is 0 Å². The van der Waals surface area contributed by atoms with Crippen LogP contribution in [0.2, 0.25) is 0 Å². The average Bonchev–Trinajstić information content (AvgIpc) is 2.33. The van der Waals surface area contributed by atoms with Gasteiger partial charge in [-0.2, -0.15) is 0 Å². The monoisotopic (exact) mass is 259 g/mol. The molecule has 0 atom stereocenters. The van der Waals surface area contributed by atoms with Gasteiger partial charge < -0.3 is 15.2 Å². The highest BCUT2D eigenvalue weighted by Crippen LogP contribution is 2.13. The van der Waals surface area contributed by atoms with Gasteiger partial charge in [0.25, 0.3) is 5.91 Å². The Labute approximate surface area is 104 Å². The maximum atomic E-state index is 13.3. The van der Waals surface area contributed by atoms with Crippen molar-refractivity contribution in [2.24, 2.45) is 0 Å². The highest BCUT2D eigenvalue weighted by molar-refractivity contribution is 5.94. The Morgan fingerprint density at radius 3 is 2.72 bits per heavy atom. The number of nitrogens with one attached hydrogen (secondary N) is 1. The van der Waals surface area contributed by atoms with E-state index < -0.39 is 17.5 Å². The first-order chi connectivity index (χ1) is 8.56. The maximum absolute atomic E-state index is 13.3. The number of carbonyl (C=O) groups is 1. The second-order valence-corrected chi connectivity index (χ2v) is 3.67. The molecule has 0 unspecified atom stereocenters. The molecule has 0 spiro atoms. The molecule has 0 aromatic heterocycles. The third-order valence-corrected chi connectivity index (χ3v) is 2.26. The van der Waals surface area contributed by atoms with Crippen LogP contribution in [0.25, 0.3) is 0 Å². The van der Waals surface area contributed by atoms with E-state index in [1.807, 2.05) is 0 Å². The van der Waals surface area contributed by atoms with Crippen LogP contribution in [0.15, 0.2) is 12.1 Å². The van der Waals surface area contributed by atoms with Gasteiger partial charge in [0.2, 0.25) is 0 Å². The summed E-state index contributed by atoms with van der Waals surface area (Å²) in [7, 11) is 0. The molecule has 100 valence electrons. The van der Waals surface area contributed by atoms with E-state index in [1.165, 1.54) is 6.92 Å². The SMILES string of the molecule is Cc1cc(C(=O)NCCOCCO)c(F)cc1F. The fraction of sp³-hybridized carbons (Fsp3) is 0.417. The largest absolute Gasteiger partial charge is 0.394 e. The van der Waals surface area contributed by atoms with Gasteiger partial charge in [-0.1, -0.05) is 0 Å². The Morgan fingerprint density at radius 1 is 1.33 bits per heavy atom. The molecule has 18 heavy (non-hydrogen) atoms. The molecule has 0 fully saturated rings. The predicted octanol–water partition coefficient (Wildman–Crippen LogP) is 1.01. The Kier molecular flexibility index (Phi) is 5.67. The molecule has 0 aliphatic carbocycles. The van der Waals surface area contributed by atoms with Crippen molar-refractivity contribution in [2.45, 2.75) is 6.92 Å². The Hall–Kier alpha value is -1.53. The number of hydrogen-bond donors (Lipinski definition) is 2. The molecule has 0 radical (unpaired) electrons. The van der Waals surface area contributed by atoms with E-state index in [9.17, 15) is 13.6 Å². The molecule has 2 N–H and O–H groups in total. The minimum absolute atomic E-state index is 0.0975. The van der Waals surface area contributed by atoms with E-state index in [-0.39, 0.29) is 37.5 Å². The number of aryl methyl sites for hydroxylation is 1. The van der Waals surface area contributed by atoms with Crippen LogP contribution >= 0.6 is 0 Å². The number of ether oxygens (including phenoxy) is 1. The van der Waals surface area contributed by atoms with Crippen molar-refractivity contribution in [1.82, 2.24) is 5.32 Å². The van der Waals surface area contributed by atoms with Crippen LogP contribution in [0.1, 0.15) is 15.9 Å². The molecule has 0 aliphatic rings. The second kappa shape index (κ2) is 7.03. The zero-order valence-corrected chi connectivity index (χ0v) is 10.0. The first-order valence-electron chi connectivity index (χ1n) is 5.48. The van der Waals surface area contributed by atoms with Crippen LogP contribution in [-0.4, -0.2) is 37.4 Å². The van der Waals surface area contributed by atoms with Gasteiger partial charge >= 0.3 is 0 Å². The summed E-state index contributed by atoms with van der Waals surface area (Å²) in [6.45, 7) is 1.94. The lowest BCUT2D eigenvalue weighted by molar-refractivity contribution is 0.0835. The van der Waals surface area contributed by atoms with E-state index >= 15 is 0 Å². The summed E-state index contributed by atoms with van der Waals surface area (Å²) < 4.78 is 31.3. The Balaban J connectivity index is 2.54. The number of rotatable bonds is 6. The van der Waals surface area contributed by atoms with Gasteiger partial charge in [-0.15, -0.1) is 0 Å². The number of aliphatic hydroxyl groups is 1. The first-order valence-corrected chi connectivity index (χ1v) is 5.48. The predicted molar refractivity (Wildman–Crippen MR) is 61.3 cm³/mol. The van der Waals surface area contributed by atoms with Crippen LogP contribution in [0.5, 0.6) is 0 Å². The number of halogens is 2. The summed E-state index contributed by atoms with van der Waals surface area (Å²) in [5.74, 6) is -2.20. The fourth-order valence-electron chi connectivity index (χ4n) is 1.33. The maximum Gasteiger partial charge on any atom is 0.254 e. The molecular formula is C12H15F2NO3. The smallest absolute Gasteiger partial charge is 0.254 e. The summed E-state index contributed by atoms with van der Waals surface area (Å²) in [4.78, 5) is 11.6. The summed E-state index contributed by atoms with van der Waals surface area (Å²) in [5, 5.41) is 10.9. The second-order valence-electron chi connectivity index (χ2n) is 3.67. The van der Waals surface area contributed by atoms with Crippen molar-refractivity contribution >= 4 is 5.91 Å². The van der Waals surface area contributed by atoms with Gasteiger partial charge in [-0.3, -0.25) is 4.79 Å². The van der Waals surface area contributed by atoms with E-state index in [1.54, 1.807) is 0 Å². The number of benzene rings is 1. The van der Waals surface area contributed by atoms with Crippen LogP contribution in [0.4, 0.5) is 8.78 Å². The van der Waals surface area contributed by atoms with E-state index in [4.69, 9.17) is 9.84 Å². The minimum Gasteiger partial charge on any atom is -0.394 e. The molecule has 4 nitrogen and oxygen atoms in total. The van der Waals surface area contributed by atoms with Crippen molar-refractivity contribution in [2.75, 3.05) is 26.4 Å². The minimum atomic E-state index is -0.896. The highest BCUT2D eigenvalue weighted by atomic mass is 19.1. The lowest BCUT2D eigenvalue weighted by Crippen LogP contribution is -2.28. The van der Waals surface area contributed by atoms with Crippen molar-refractivity contribution in [3.05, 3.63) is 34.9 Å². The number of hydrogen-bond acceptors (Lipinski definition) is 3. The molecule has 0 heterocycles. The van der Waals surface area contributed by atoms with Crippen molar-refractivity contribution < 1.29 is 23.4 Å². The Bertz CT molecular complexity index is 424. The van der Waals surface area contributed by atoms with Crippen molar-refractivity contribution in [1.29, 1.82) is 0 Å². The lowest BCUT2D eigenvalue weighted by Gasteiger charge is -2.07. The molecule has 1 aromatic rings. The summed E-state index contributed by atoms with van der Waals surface area (Å²) in [6, 6.07) is 1.85. The quantitative estimate of drug-likeness (QED) is 0.750. The molecule has 0 aliphatic heterocycles. The fourth-order valence-corrected chi connectivity index (χ4v) is 1.33. The van der Waals surface area contributed by atoms with Crippen molar-refractivity contribution in [3.63, 3.8) is 0 Å². The molecule has 0 saturated carbocycles. The van der Waals surface area contributed by atoms with E-state index in [0.29, 0.717) is 6.07 Å². The third-order valence-electron chi connectivity index (χ3n) is 2.26. The molecule has 0 saturated heterocycles. The molecule has 1 aromatic carbocycles. The number of amides is 1. The van der Waals surface area contributed by atoms with Gasteiger partial charge in [0, 0.05) is 12.6 Å². The Morgan fingerprint density at radius 2 is 2.06 bits per heavy atom. The molecule has 6 heteroatoms. The lowest BCUT2D eigenvalue weighted by atomic mass is 10.1. The molecule has 0 bridgehead atoms. The van der Waals surface area contributed by atoms with Gasteiger partial charge in [-0.25, -0.2) is 8.78 Å². The van der Waals surface area contributed by atoms with Gasteiger partial charge in [-0.05, 0) is 18.6 Å². The molecular weight excluding hydrogens is 244 g/mol. The number of aliphatic hydroxyl groups excluding tert-OH is 1. The van der Waals surface area contributed by atoms with Gasteiger partial charge in [0.1, 0.15) is 11.6 Å². The highest BCUT2D eigenvalue weighted by Gasteiger charge is 2.13.